The van der Waals surface area contributed by atoms with Gasteiger partial charge in [-0.25, -0.2) is 9.97 Å². The second-order valence-corrected chi connectivity index (χ2v) is 13.4. The number of aromatic nitrogens is 4. The topological polar surface area (TPSA) is 134 Å². The molecule has 1 aliphatic heterocycles. The minimum atomic E-state index is -0.352. The van der Waals surface area contributed by atoms with Gasteiger partial charge in [0.15, 0.2) is 5.82 Å². The fraction of sp³-hybridized carbons (Fsp3) is 0.389. The van der Waals surface area contributed by atoms with Gasteiger partial charge in [-0.1, -0.05) is 18.2 Å². The molecule has 4 heterocycles. The van der Waals surface area contributed by atoms with Crippen LogP contribution in [0.2, 0.25) is 0 Å². The van der Waals surface area contributed by atoms with Crippen molar-refractivity contribution in [3.63, 3.8) is 0 Å². The van der Waals surface area contributed by atoms with Crippen LogP contribution in [0.3, 0.4) is 0 Å². The molecule has 4 N–H and O–H groups in total. The number of carbonyl (C=O) groups is 2. The van der Waals surface area contributed by atoms with Gasteiger partial charge in [-0.3, -0.25) is 9.59 Å². The number of methoxy groups -OCH3 is 1. The Morgan fingerprint density at radius 3 is 2.57 bits per heavy atom. The van der Waals surface area contributed by atoms with Gasteiger partial charge in [-0.05, 0) is 85.9 Å². The molecule has 1 saturated heterocycles. The highest BCUT2D eigenvalue weighted by atomic mass is 16.5. The summed E-state index contributed by atoms with van der Waals surface area (Å²) in [5, 5.41) is 1.03. The van der Waals surface area contributed by atoms with Crippen LogP contribution in [0.25, 0.3) is 44.8 Å². The Hall–Kier alpha value is -4.70. The third kappa shape index (κ3) is 4.57. The molecule has 2 saturated carbocycles. The van der Waals surface area contributed by atoms with Crippen molar-refractivity contribution in [1.29, 1.82) is 0 Å². The van der Waals surface area contributed by atoms with Crippen LogP contribution in [0.1, 0.15) is 47.2 Å². The van der Waals surface area contributed by atoms with E-state index in [9.17, 15) is 9.59 Å². The molecule has 0 spiro atoms. The van der Waals surface area contributed by atoms with E-state index in [-0.39, 0.29) is 30.3 Å². The highest BCUT2D eigenvalue weighted by Gasteiger charge is 2.47. The number of hydrogen-bond acceptors (Lipinski definition) is 6. The number of nitrogens with two attached hydrogens (primary N) is 2. The van der Waals surface area contributed by atoms with Crippen LogP contribution < -0.4 is 16.2 Å². The second-order valence-electron chi connectivity index (χ2n) is 13.4. The van der Waals surface area contributed by atoms with E-state index in [1.54, 1.807) is 7.11 Å². The Bertz CT molecular complexity index is 2060. The molecule has 236 valence electrons. The number of hydrogen-bond donors (Lipinski definition) is 2. The van der Waals surface area contributed by atoms with E-state index in [0.29, 0.717) is 35.2 Å². The average molecular weight is 618 g/mol. The normalized spacial score (nSPS) is 20.7. The molecule has 3 atom stereocenters. The first-order chi connectivity index (χ1) is 22.2. The predicted molar refractivity (Wildman–Crippen MR) is 177 cm³/mol. The second kappa shape index (κ2) is 10.7. The molecule has 46 heavy (non-hydrogen) atoms. The van der Waals surface area contributed by atoms with Crippen molar-refractivity contribution in [2.45, 2.75) is 57.7 Å². The quantitative estimate of drug-likeness (QED) is 0.262. The maximum atomic E-state index is 13.7. The van der Waals surface area contributed by atoms with Crippen molar-refractivity contribution in [2.24, 2.45) is 30.4 Å². The highest BCUT2D eigenvalue weighted by Crippen LogP contribution is 2.40. The van der Waals surface area contributed by atoms with Crippen molar-refractivity contribution < 1.29 is 14.3 Å². The molecule has 2 amide bonds. The average Bonchev–Trinajstić information content (AvgIpc) is 3.45. The molecule has 2 aliphatic carbocycles. The van der Waals surface area contributed by atoms with Gasteiger partial charge in [-0.15, -0.1) is 0 Å². The number of imidazole rings is 1. The monoisotopic (exact) mass is 617 g/mol. The van der Waals surface area contributed by atoms with Gasteiger partial charge in [0.05, 0.1) is 30.4 Å². The van der Waals surface area contributed by atoms with Crippen LogP contribution in [-0.4, -0.2) is 61.6 Å². The number of rotatable bonds is 8. The zero-order chi connectivity index (χ0) is 31.9. The molecule has 10 nitrogen and oxygen atoms in total. The number of primary amides is 1. The summed E-state index contributed by atoms with van der Waals surface area (Å²) < 4.78 is 10.2. The number of benzene rings is 2. The molecule has 3 aliphatic rings. The fourth-order valence-corrected chi connectivity index (χ4v) is 7.81. The Kier molecular flexibility index (Phi) is 6.68. The minimum Gasteiger partial charge on any atom is -0.494 e. The molecular formula is C36H39N7O3. The third-order valence-corrected chi connectivity index (χ3v) is 10.5. The van der Waals surface area contributed by atoms with Gasteiger partial charge < -0.3 is 30.2 Å². The van der Waals surface area contributed by atoms with Gasteiger partial charge >= 0.3 is 0 Å². The lowest BCUT2D eigenvalue weighted by Crippen LogP contribution is -2.41. The summed E-state index contributed by atoms with van der Waals surface area (Å²) in [6.07, 6.45) is 4.63. The number of pyridine rings is 1. The van der Waals surface area contributed by atoms with Crippen molar-refractivity contribution >= 4 is 33.9 Å². The maximum Gasteiger partial charge on any atom is 0.254 e. The predicted octanol–water partition coefficient (Wildman–Crippen LogP) is 4.57. The van der Waals surface area contributed by atoms with Crippen LogP contribution >= 0.6 is 0 Å². The zero-order valence-corrected chi connectivity index (χ0v) is 26.5. The summed E-state index contributed by atoms with van der Waals surface area (Å²) in [4.78, 5) is 37.7. The lowest BCUT2D eigenvalue weighted by atomic mass is 9.97. The van der Waals surface area contributed by atoms with Gasteiger partial charge in [0.1, 0.15) is 16.9 Å². The van der Waals surface area contributed by atoms with Gasteiger partial charge in [0.25, 0.3) is 5.91 Å². The van der Waals surface area contributed by atoms with Crippen molar-refractivity contribution in [3.05, 3.63) is 65.2 Å². The number of amides is 2. The largest absolute Gasteiger partial charge is 0.494 e. The van der Waals surface area contributed by atoms with Crippen molar-refractivity contribution in [3.8, 4) is 28.5 Å². The Labute approximate surface area is 267 Å². The number of likely N-dealkylation sites (tertiary alicyclic amines) is 1. The lowest BCUT2D eigenvalue weighted by molar-refractivity contribution is -0.117. The van der Waals surface area contributed by atoms with E-state index in [1.807, 2.05) is 55.3 Å². The van der Waals surface area contributed by atoms with Crippen LogP contribution in [0.15, 0.2) is 48.5 Å². The van der Waals surface area contributed by atoms with Gasteiger partial charge in [-0.2, -0.15) is 0 Å². The Morgan fingerprint density at radius 1 is 1.04 bits per heavy atom. The first-order valence-corrected chi connectivity index (χ1v) is 16.2. The molecule has 2 bridgehead atoms. The number of fused-ring (bicyclic) bond motifs is 4. The molecule has 10 heteroatoms. The van der Waals surface area contributed by atoms with E-state index in [0.717, 1.165) is 69.8 Å². The molecule has 3 aromatic heterocycles. The summed E-state index contributed by atoms with van der Waals surface area (Å²) in [7, 11) is 3.64. The summed E-state index contributed by atoms with van der Waals surface area (Å²) in [6, 6.07) is 16.1. The van der Waals surface area contributed by atoms with Crippen LogP contribution in [0, 0.1) is 18.8 Å². The molecule has 3 fully saturated rings. The standard InChI is InChI=1S/C36H39N7O3/c1-19-21(16-31(37)44)5-4-6-25(19)26-11-9-22-14-29(42(34(22)39-26)17-20-7-8-20)35-40-27-13-24(15-30(46-3)33(27)41(35)2)36(45)43-18-23-10-12-28(43)32(23)38/h4-6,9,11,13-15,20,23,28,32H,7-8,10,12,16-18,38H2,1-3H3,(H2,37,44)/t23?,28?,32-/m1/s1. The van der Waals surface area contributed by atoms with Crippen LogP contribution in [0.4, 0.5) is 0 Å². The lowest BCUT2D eigenvalue weighted by Gasteiger charge is -2.27. The zero-order valence-electron chi connectivity index (χ0n) is 26.5. The number of aryl methyl sites for hydroxylation is 1. The highest BCUT2D eigenvalue weighted by molar-refractivity contribution is 6.00. The van der Waals surface area contributed by atoms with Crippen LogP contribution in [-0.2, 0) is 24.8 Å². The molecular weight excluding hydrogens is 578 g/mol. The Balaban J connectivity index is 1.23. The van der Waals surface area contributed by atoms with Crippen LogP contribution in [0.5, 0.6) is 5.75 Å². The van der Waals surface area contributed by atoms with E-state index in [1.165, 1.54) is 12.8 Å². The van der Waals surface area contributed by atoms with Crippen molar-refractivity contribution in [1.82, 2.24) is 24.0 Å². The van der Waals surface area contributed by atoms with Crippen molar-refractivity contribution in [2.75, 3.05) is 13.7 Å². The molecule has 0 radical (unpaired) electrons. The third-order valence-electron chi connectivity index (χ3n) is 10.5. The number of carbonyl (C=O) groups excluding carboxylic acids is 2. The summed E-state index contributed by atoms with van der Waals surface area (Å²) in [5.41, 5.74) is 19.7. The first kappa shape index (κ1) is 28.8. The van der Waals surface area contributed by atoms with Gasteiger partial charge in [0.2, 0.25) is 5.91 Å². The first-order valence-electron chi connectivity index (χ1n) is 16.2. The van der Waals surface area contributed by atoms with E-state index in [2.05, 4.69) is 21.3 Å². The summed E-state index contributed by atoms with van der Waals surface area (Å²) >= 11 is 0. The van der Waals surface area contributed by atoms with E-state index in [4.69, 9.17) is 26.2 Å². The number of ether oxygens (including phenoxy) is 1. The number of piperidine rings is 1. The Morgan fingerprint density at radius 2 is 1.87 bits per heavy atom. The SMILES string of the molecule is COc1cc(C(=O)N2CC3CCC2[C@@H]3N)cc2nc(-c3cc4ccc(-c5cccc(CC(N)=O)c5C)nc4n3CC3CC3)n(C)c12. The minimum absolute atomic E-state index is 0.00942. The maximum absolute atomic E-state index is 13.7. The van der Waals surface area contributed by atoms with E-state index < -0.39 is 0 Å². The molecule has 2 aromatic carbocycles. The van der Waals surface area contributed by atoms with Gasteiger partial charge in [0, 0.05) is 48.7 Å². The summed E-state index contributed by atoms with van der Waals surface area (Å²) in [5.74, 6) is 2.02. The smallest absolute Gasteiger partial charge is 0.254 e. The number of nitrogens with zero attached hydrogens (tertiary/aromatic N) is 5. The molecule has 2 unspecified atom stereocenters. The fourth-order valence-electron chi connectivity index (χ4n) is 7.81. The van der Waals surface area contributed by atoms with E-state index >= 15 is 0 Å². The molecule has 8 rings (SSSR count). The summed E-state index contributed by atoms with van der Waals surface area (Å²) in [6.45, 7) is 3.57. The molecule has 5 aromatic rings.